The number of hydrogen-bond donors (Lipinski definition) is 1. The lowest BCUT2D eigenvalue weighted by Crippen LogP contribution is -2.22. The molecule has 0 unspecified atom stereocenters. The number of carboxylic acids is 1. The molecule has 1 aromatic rings. The Balaban J connectivity index is 2.18. The van der Waals surface area contributed by atoms with Crippen molar-refractivity contribution in [2.24, 2.45) is 0 Å². The Morgan fingerprint density at radius 3 is 3.08 bits per heavy atom. The number of ether oxygens (including phenoxy) is 1. The standard InChI is InChI=1S/C8H12N2O3/c1-7(8(11)12)13-6-5-10-4-2-3-9-10/h2-4,7H,5-6H2,1H3,(H,11,12)/t7-/m1/s1. The highest BCUT2D eigenvalue weighted by Crippen LogP contribution is 1.92. The Bertz CT molecular complexity index is 258. The van der Waals surface area contributed by atoms with Gasteiger partial charge in [-0.25, -0.2) is 4.79 Å². The maximum absolute atomic E-state index is 10.3. The zero-order chi connectivity index (χ0) is 9.68. The monoisotopic (exact) mass is 184 g/mol. The van der Waals surface area contributed by atoms with E-state index in [-0.39, 0.29) is 0 Å². The van der Waals surface area contributed by atoms with Crippen molar-refractivity contribution in [1.82, 2.24) is 9.78 Å². The fourth-order valence-corrected chi connectivity index (χ4v) is 0.827. The van der Waals surface area contributed by atoms with Gasteiger partial charge in [0.1, 0.15) is 0 Å². The molecule has 0 amide bonds. The van der Waals surface area contributed by atoms with Gasteiger partial charge >= 0.3 is 5.97 Å². The Kier molecular flexibility index (Phi) is 3.45. The van der Waals surface area contributed by atoms with Gasteiger partial charge in [-0.15, -0.1) is 0 Å². The third-order valence-electron chi connectivity index (χ3n) is 1.60. The molecule has 0 spiro atoms. The van der Waals surface area contributed by atoms with Crippen molar-refractivity contribution in [1.29, 1.82) is 0 Å². The second kappa shape index (κ2) is 4.61. The van der Waals surface area contributed by atoms with Crippen LogP contribution in [0.25, 0.3) is 0 Å². The number of carbonyl (C=O) groups is 1. The second-order valence-electron chi connectivity index (χ2n) is 2.62. The number of aromatic nitrogens is 2. The summed E-state index contributed by atoms with van der Waals surface area (Å²) in [5, 5.41) is 12.4. The predicted molar refractivity (Wildman–Crippen MR) is 45.3 cm³/mol. The molecule has 0 aromatic carbocycles. The number of aliphatic carboxylic acids is 1. The van der Waals surface area contributed by atoms with E-state index in [9.17, 15) is 4.79 Å². The first kappa shape index (κ1) is 9.73. The molecule has 0 saturated heterocycles. The Morgan fingerprint density at radius 2 is 2.54 bits per heavy atom. The summed E-state index contributed by atoms with van der Waals surface area (Å²) in [6.07, 6.45) is 2.71. The van der Waals surface area contributed by atoms with Gasteiger partial charge in [-0.05, 0) is 13.0 Å². The molecule has 1 aromatic heterocycles. The van der Waals surface area contributed by atoms with Crippen LogP contribution in [-0.2, 0) is 16.1 Å². The summed E-state index contributed by atoms with van der Waals surface area (Å²) in [7, 11) is 0. The topological polar surface area (TPSA) is 64.4 Å². The number of nitrogens with zero attached hydrogens (tertiary/aromatic N) is 2. The van der Waals surface area contributed by atoms with Crippen molar-refractivity contribution in [2.75, 3.05) is 6.61 Å². The summed E-state index contributed by atoms with van der Waals surface area (Å²) in [5.41, 5.74) is 0. The van der Waals surface area contributed by atoms with Crippen LogP contribution >= 0.6 is 0 Å². The van der Waals surface area contributed by atoms with E-state index >= 15 is 0 Å². The van der Waals surface area contributed by atoms with Gasteiger partial charge in [0, 0.05) is 12.4 Å². The van der Waals surface area contributed by atoms with Crippen molar-refractivity contribution >= 4 is 5.97 Å². The van der Waals surface area contributed by atoms with Gasteiger partial charge in [-0.1, -0.05) is 0 Å². The zero-order valence-corrected chi connectivity index (χ0v) is 7.38. The highest BCUT2D eigenvalue weighted by atomic mass is 16.5. The van der Waals surface area contributed by atoms with Crippen LogP contribution in [0.4, 0.5) is 0 Å². The van der Waals surface area contributed by atoms with Crippen molar-refractivity contribution in [3.8, 4) is 0 Å². The molecule has 5 nitrogen and oxygen atoms in total. The normalized spacial score (nSPS) is 12.7. The van der Waals surface area contributed by atoms with E-state index in [1.807, 2.05) is 0 Å². The average molecular weight is 184 g/mol. The third kappa shape index (κ3) is 3.25. The lowest BCUT2D eigenvalue weighted by molar-refractivity contribution is -0.149. The van der Waals surface area contributed by atoms with Crippen LogP contribution in [0.1, 0.15) is 6.92 Å². The molecule has 1 heterocycles. The first-order valence-corrected chi connectivity index (χ1v) is 4.02. The Hall–Kier alpha value is -1.36. The molecule has 0 bridgehead atoms. The molecule has 13 heavy (non-hydrogen) atoms. The molecule has 72 valence electrons. The van der Waals surface area contributed by atoms with E-state index in [1.165, 1.54) is 6.92 Å². The van der Waals surface area contributed by atoms with E-state index in [1.54, 1.807) is 23.1 Å². The molecule has 1 N–H and O–H groups in total. The quantitative estimate of drug-likeness (QED) is 0.718. The van der Waals surface area contributed by atoms with Crippen LogP contribution < -0.4 is 0 Å². The summed E-state index contributed by atoms with van der Waals surface area (Å²) >= 11 is 0. The van der Waals surface area contributed by atoms with Crippen molar-refractivity contribution in [3.05, 3.63) is 18.5 Å². The Morgan fingerprint density at radius 1 is 1.77 bits per heavy atom. The minimum Gasteiger partial charge on any atom is -0.479 e. The van der Waals surface area contributed by atoms with Crippen molar-refractivity contribution in [2.45, 2.75) is 19.6 Å². The van der Waals surface area contributed by atoms with Crippen LogP contribution in [0.5, 0.6) is 0 Å². The van der Waals surface area contributed by atoms with Gasteiger partial charge in [0.15, 0.2) is 6.10 Å². The predicted octanol–water partition coefficient (Wildman–Crippen LogP) is 0.373. The smallest absolute Gasteiger partial charge is 0.332 e. The highest BCUT2D eigenvalue weighted by molar-refractivity contribution is 5.71. The summed E-state index contributed by atoms with van der Waals surface area (Å²) in [5.74, 6) is -0.944. The molecule has 5 heteroatoms. The number of carboxylic acid groups (broad SMARTS) is 1. The van der Waals surface area contributed by atoms with Crippen molar-refractivity contribution < 1.29 is 14.6 Å². The lowest BCUT2D eigenvalue weighted by Gasteiger charge is -2.07. The first-order chi connectivity index (χ1) is 6.20. The SMILES string of the molecule is C[C@@H](OCCn1cccn1)C(=O)O. The van der Waals surface area contributed by atoms with Gasteiger partial charge in [-0.2, -0.15) is 5.10 Å². The summed E-state index contributed by atoms with van der Waals surface area (Å²) in [6, 6.07) is 1.81. The van der Waals surface area contributed by atoms with Crippen LogP contribution in [0.3, 0.4) is 0 Å². The molecular formula is C8H12N2O3. The molecule has 1 rings (SSSR count). The maximum atomic E-state index is 10.3. The first-order valence-electron chi connectivity index (χ1n) is 4.02. The van der Waals surface area contributed by atoms with E-state index in [0.29, 0.717) is 13.2 Å². The van der Waals surface area contributed by atoms with Crippen LogP contribution in [-0.4, -0.2) is 33.6 Å². The maximum Gasteiger partial charge on any atom is 0.332 e. The second-order valence-corrected chi connectivity index (χ2v) is 2.62. The number of hydrogen-bond acceptors (Lipinski definition) is 3. The van der Waals surface area contributed by atoms with Crippen LogP contribution in [0, 0.1) is 0 Å². The van der Waals surface area contributed by atoms with E-state index < -0.39 is 12.1 Å². The summed E-state index contributed by atoms with van der Waals surface area (Å²) in [6.45, 7) is 2.44. The van der Waals surface area contributed by atoms with Gasteiger partial charge in [0.25, 0.3) is 0 Å². The third-order valence-corrected chi connectivity index (χ3v) is 1.60. The molecular weight excluding hydrogens is 172 g/mol. The van der Waals surface area contributed by atoms with Crippen LogP contribution in [0.2, 0.25) is 0 Å². The average Bonchev–Trinajstić information content (AvgIpc) is 2.56. The van der Waals surface area contributed by atoms with Gasteiger partial charge in [-0.3, -0.25) is 4.68 Å². The largest absolute Gasteiger partial charge is 0.479 e. The van der Waals surface area contributed by atoms with Gasteiger partial charge < -0.3 is 9.84 Å². The minimum absolute atomic E-state index is 0.356. The molecule has 0 fully saturated rings. The molecule has 0 aliphatic carbocycles. The highest BCUT2D eigenvalue weighted by Gasteiger charge is 2.09. The molecule has 0 saturated carbocycles. The van der Waals surface area contributed by atoms with Gasteiger partial charge in [0.05, 0.1) is 13.2 Å². The molecule has 0 aliphatic rings. The molecule has 1 atom stereocenters. The van der Waals surface area contributed by atoms with E-state index in [2.05, 4.69) is 5.10 Å². The summed E-state index contributed by atoms with van der Waals surface area (Å²) < 4.78 is 6.71. The van der Waals surface area contributed by atoms with Gasteiger partial charge in [0.2, 0.25) is 0 Å². The zero-order valence-electron chi connectivity index (χ0n) is 7.38. The van der Waals surface area contributed by atoms with E-state index in [0.717, 1.165) is 0 Å². The molecule has 0 radical (unpaired) electrons. The number of rotatable bonds is 5. The fraction of sp³-hybridized carbons (Fsp3) is 0.500. The van der Waals surface area contributed by atoms with Crippen LogP contribution in [0.15, 0.2) is 18.5 Å². The van der Waals surface area contributed by atoms with E-state index in [4.69, 9.17) is 9.84 Å². The molecule has 0 aliphatic heterocycles. The minimum atomic E-state index is -0.944. The summed E-state index contributed by atoms with van der Waals surface area (Å²) in [4.78, 5) is 10.3. The lowest BCUT2D eigenvalue weighted by atomic mass is 10.4. The fourth-order valence-electron chi connectivity index (χ4n) is 0.827. The Labute approximate surface area is 75.9 Å². The van der Waals surface area contributed by atoms with Crippen molar-refractivity contribution in [3.63, 3.8) is 0 Å².